The molecule has 0 saturated carbocycles. The van der Waals surface area contributed by atoms with Gasteiger partial charge >= 0.3 is 0 Å². The second-order valence-electron chi connectivity index (χ2n) is 4.53. The molecule has 1 atom stereocenters. The summed E-state index contributed by atoms with van der Waals surface area (Å²) in [4.78, 5) is 12.5. The second kappa shape index (κ2) is 6.26. The van der Waals surface area contributed by atoms with Crippen molar-refractivity contribution >= 4 is 29.0 Å². The minimum atomic E-state index is -1.13. The summed E-state index contributed by atoms with van der Waals surface area (Å²) in [5.41, 5.74) is 1.26. The molecule has 2 rings (SSSR count). The van der Waals surface area contributed by atoms with Gasteiger partial charge in [-0.3, -0.25) is 4.79 Å². The number of nitriles is 1. The number of carbonyl (C=O) groups excluding carboxylic acids is 1. The molecule has 0 aliphatic heterocycles. The maximum atomic E-state index is 13.1. The van der Waals surface area contributed by atoms with Gasteiger partial charge in [-0.2, -0.15) is 5.26 Å². The molecule has 0 amide bonds. The van der Waals surface area contributed by atoms with Crippen LogP contribution < -0.4 is 0 Å². The van der Waals surface area contributed by atoms with E-state index in [0.717, 1.165) is 17.7 Å². The number of hydrogen-bond donors (Lipinski definition) is 0. The van der Waals surface area contributed by atoms with E-state index in [1.807, 2.05) is 6.07 Å². The molecule has 0 N–H and O–H groups in total. The molecule has 0 heterocycles. The van der Waals surface area contributed by atoms with Gasteiger partial charge in [0, 0.05) is 10.6 Å². The zero-order chi connectivity index (χ0) is 15.6. The number of halogens is 3. The van der Waals surface area contributed by atoms with Gasteiger partial charge in [0.1, 0.15) is 11.7 Å². The first kappa shape index (κ1) is 15.5. The van der Waals surface area contributed by atoms with Gasteiger partial charge in [0.2, 0.25) is 0 Å². The van der Waals surface area contributed by atoms with E-state index >= 15 is 0 Å². The summed E-state index contributed by atoms with van der Waals surface area (Å²) in [6.45, 7) is 1.77. The minimum Gasteiger partial charge on any atom is -0.292 e. The van der Waals surface area contributed by atoms with Gasteiger partial charge in [0.25, 0.3) is 0 Å². The molecule has 0 bridgehead atoms. The Balaban J connectivity index is 2.49. The molecule has 106 valence electrons. The van der Waals surface area contributed by atoms with Crippen molar-refractivity contribution < 1.29 is 9.18 Å². The average Bonchev–Trinajstić information content (AvgIpc) is 2.44. The van der Waals surface area contributed by atoms with E-state index in [1.54, 1.807) is 25.1 Å². The lowest BCUT2D eigenvalue weighted by Gasteiger charge is -2.12. The van der Waals surface area contributed by atoms with Gasteiger partial charge in [-0.25, -0.2) is 4.39 Å². The lowest BCUT2D eigenvalue weighted by molar-refractivity contribution is 0.0979. The summed E-state index contributed by atoms with van der Waals surface area (Å²) in [6, 6.07) is 10.5. The molecule has 21 heavy (non-hydrogen) atoms. The number of Topliss-reactive ketones (excluding diaryl/α,β-unsaturated/α-hetero) is 1. The highest BCUT2D eigenvalue weighted by Crippen LogP contribution is 2.31. The van der Waals surface area contributed by atoms with Gasteiger partial charge in [0.15, 0.2) is 5.78 Å². The van der Waals surface area contributed by atoms with Gasteiger partial charge < -0.3 is 0 Å². The van der Waals surface area contributed by atoms with Crippen LogP contribution in [-0.4, -0.2) is 5.78 Å². The average molecular weight is 322 g/mol. The van der Waals surface area contributed by atoms with Crippen molar-refractivity contribution in [1.82, 2.24) is 0 Å². The van der Waals surface area contributed by atoms with Crippen molar-refractivity contribution in [2.45, 2.75) is 12.8 Å². The van der Waals surface area contributed by atoms with Crippen LogP contribution in [0.1, 0.15) is 27.4 Å². The molecule has 0 aromatic heterocycles. The number of ketones is 1. The molecule has 2 aromatic carbocycles. The van der Waals surface area contributed by atoms with E-state index in [2.05, 4.69) is 0 Å². The molecular formula is C16H10Cl2FNO. The van der Waals surface area contributed by atoms with Gasteiger partial charge in [-0.05, 0) is 36.2 Å². The van der Waals surface area contributed by atoms with Crippen molar-refractivity contribution in [3.63, 3.8) is 0 Å². The third-order valence-corrected chi connectivity index (χ3v) is 3.95. The zero-order valence-electron chi connectivity index (χ0n) is 11.0. The van der Waals surface area contributed by atoms with Crippen LogP contribution in [0.25, 0.3) is 0 Å². The Morgan fingerprint density at radius 2 is 2.00 bits per heavy atom. The zero-order valence-corrected chi connectivity index (χ0v) is 12.5. The Hall–Kier alpha value is -1.89. The van der Waals surface area contributed by atoms with Gasteiger partial charge in [-0.1, -0.05) is 41.4 Å². The fourth-order valence-electron chi connectivity index (χ4n) is 2.00. The molecule has 0 aliphatic carbocycles. The molecule has 0 radical (unpaired) electrons. The third-order valence-electron chi connectivity index (χ3n) is 3.12. The van der Waals surface area contributed by atoms with Crippen molar-refractivity contribution in [2.24, 2.45) is 0 Å². The summed E-state index contributed by atoms with van der Waals surface area (Å²) in [5, 5.41) is 9.65. The summed E-state index contributed by atoms with van der Waals surface area (Å²) in [6.07, 6.45) is 0. The first-order valence-electron chi connectivity index (χ1n) is 6.09. The number of nitrogens with zero attached hydrogens (tertiary/aromatic N) is 1. The molecule has 2 aromatic rings. The van der Waals surface area contributed by atoms with Crippen molar-refractivity contribution in [1.29, 1.82) is 5.26 Å². The van der Waals surface area contributed by atoms with Gasteiger partial charge in [-0.15, -0.1) is 0 Å². The summed E-state index contributed by atoms with van der Waals surface area (Å²) in [5.74, 6) is -2.11. The van der Waals surface area contributed by atoms with Crippen LogP contribution in [0.4, 0.5) is 4.39 Å². The predicted octanol–water partition coefficient (Wildman–Crippen LogP) is 4.93. The number of rotatable bonds is 3. The Labute approximate surface area is 131 Å². The van der Waals surface area contributed by atoms with E-state index in [0.29, 0.717) is 5.02 Å². The highest BCUT2D eigenvalue weighted by molar-refractivity contribution is 6.35. The van der Waals surface area contributed by atoms with E-state index in [-0.39, 0.29) is 16.1 Å². The highest BCUT2D eigenvalue weighted by atomic mass is 35.5. The SMILES string of the molecule is Cc1cccc(C(=O)C(C#N)c2ccc(F)cc2Cl)c1Cl. The molecule has 2 nitrogen and oxygen atoms in total. The molecule has 0 spiro atoms. The topological polar surface area (TPSA) is 40.9 Å². The van der Waals surface area contributed by atoms with E-state index in [9.17, 15) is 14.4 Å². The van der Waals surface area contributed by atoms with Crippen molar-refractivity contribution in [2.75, 3.05) is 0 Å². The van der Waals surface area contributed by atoms with Crippen LogP contribution in [0.5, 0.6) is 0 Å². The first-order valence-corrected chi connectivity index (χ1v) is 6.85. The van der Waals surface area contributed by atoms with E-state index < -0.39 is 17.5 Å². The number of benzene rings is 2. The van der Waals surface area contributed by atoms with Crippen LogP contribution >= 0.6 is 23.2 Å². The third kappa shape index (κ3) is 3.07. The monoisotopic (exact) mass is 321 g/mol. The number of hydrogen-bond acceptors (Lipinski definition) is 2. The molecule has 5 heteroatoms. The standard InChI is InChI=1S/C16H10Cl2FNO/c1-9-3-2-4-12(15(9)18)16(21)13(8-20)11-6-5-10(19)7-14(11)17/h2-7,13H,1H3. The molecule has 0 aliphatic rings. The van der Waals surface area contributed by atoms with Crippen LogP contribution in [0.2, 0.25) is 10.0 Å². The lowest BCUT2D eigenvalue weighted by atomic mass is 9.91. The number of aryl methyl sites for hydroxylation is 1. The summed E-state index contributed by atoms with van der Waals surface area (Å²) < 4.78 is 13.1. The maximum Gasteiger partial charge on any atom is 0.186 e. The van der Waals surface area contributed by atoms with E-state index in [4.69, 9.17) is 23.2 Å². The molecule has 0 fully saturated rings. The molecule has 0 saturated heterocycles. The molecular weight excluding hydrogens is 312 g/mol. The van der Waals surface area contributed by atoms with Gasteiger partial charge in [0.05, 0.1) is 11.1 Å². The second-order valence-corrected chi connectivity index (χ2v) is 5.31. The molecule has 1 unspecified atom stereocenters. The van der Waals surface area contributed by atoms with Crippen LogP contribution in [0.3, 0.4) is 0 Å². The number of carbonyl (C=O) groups is 1. The predicted molar refractivity (Wildman–Crippen MR) is 80.3 cm³/mol. The quantitative estimate of drug-likeness (QED) is 0.752. The Morgan fingerprint density at radius 1 is 1.29 bits per heavy atom. The van der Waals surface area contributed by atoms with Crippen molar-refractivity contribution in [3.8, 4) is 6.07 Å². The summed E-state index contributed by atoms with van der Waals surface area (Å²) >= 11 is 12.0. The lowest BCUT2D eigenvalue weighted by Crippen LogP contribution is -2.13. The minimum absolute atomic E-state index is 0.0404. The largest absolute Gasteiger partial charge is 0.292 e. The summed E-state index contributed by atoms with van der Waals surface area (Å²) in [7, 11) is 0. The van der Waals surface area contributed by atoms with Crippen LogP contribution in [-0.2, 0) is 0 Å². The Kier molecular flexibility index (Phi) is 4.62. The first-order chi connectivity index (χ1) is 9.95. The Bertz CT molecular complexity index is 752. The highest BCUT2D eigenvalue weighted by Gasteiger charge is 2.26. The normalized spacial score (nSPS) is 11.8. The van der Waals surface area contributed by atoms with E-state index in [1.165, 1.54) is 6.07 Å². The fraction of sp³-hybridized carbons (Fsp3) is 0.125. The smallest absolute Gasteiger partial charge is 0.186 e. The van der Waals surface area contributed by atoms with Crippen LogP contribution in [0.15, 0.2) is 36.4 Å². The Morgan fingerprint density at radius 3 is 2.62 bits per heavy atom. The maximum absolute atomic E-state index is 13.1. The fourth-order valence-corrected chi connectivity index (χ4v) is 2.49. The van der Waals surface area contributed by atoms with Crippen molar-refractivity contribution in [3.05, 3.63) is 69.0 Å². The van der Waals surface area contributed by atoms with Crippen LogP contribution in [0, 0.1) is 24.1 Å².